The quantitative estimate of drug-likeness (QED) is 0.00835. The molecule has 1 heterocycles. The molecule has 0 unspecified atom stereocenters. The maximum Gasteiger partial charge on any atom is 0.360 e. The number of benzene rings is 4. The number of unbranched alkanes of at least 4 members (excludes halogenated alkanes) is 3. The Bertz CT molecular complexity index is 2230. The summed E-state index contributed by atoms with van der Waals surface area (Å²) in [5.74, 6) is -1.31. The van der Waals surface area contributed by atoms with E-state index >= 15 is 0 Å². The first kappa shape index (κ1) is 42.3. The van der Waals surface area contributed by atoms with Crippen LogP contribution >= 0.6 is 11.3 Å². The highest BCUT2D eigenvalue weighted by molar-refractivity contribution is 7.21. The van der Waals surface area contributed by atoms with Crippen LogP contribution in [0.1, 0.15) is 64.4 Å². The molecule has 14 heteroatoms. The van der Waals surface area contributed by atoms with Crippen molar-refractivity contribution in [1.82, 2.24) is 0 Å². The minimum atomic E-state index is -0.617. The van der Waals surface area contributed by atoms with Gasteiger partial charge in [0.25, 0.3) is 0 Å². The predicted molar refractivity (Wildman–Crippen MR) is 219 cm³/mol. The monoisotopic (exact) mass is 806 g/mol. The smallest absolute Gasteiger partial charge is 0.360 e. The fourth-order valence-electron chi connectivity index (χ4n) is 5.45. The third-order valence-electron chi connectivity index (χ3n) is 8.47. The summed E-state index contributed by atoms with van der Waals surface area (Å²) in [5.41, 5.74) is 6.23. The molecule has 0 amide bonds. The molecule has 1 aromatic heterocycles. The van der Waals surface area contributed by atoms with Crippen LogP contribution in [0.15, 0.2) is 121 Å². The minimum absolute atomic E-state index is 0.0730. The molecular formula is C44H44N3O10S+. The first-order chi connectivity index (χ1) is 28.3. The maximum absolute atomic E-state index is 13.3. The van der Waals surface area contributed by atoms with Gasteiger partial charge in [0.2, 0.25) is 13.6 Å². The molecule has 300 valence electrons. The molecule has 5 aromatic rings. The van der Waals surface area contributed by atoms with E-state index in [0.29, 0.717) is 29.0 Å². The van der Waals surface area contributed by atoms with Gasteiger partial charge in [-0.1, -0.05) is 56.2 Å². The first-order valence-electron chi connectivity index (χ1n) is 18.5. The Balaban J connectivity index is 1.28. The van der Waals surface area contributed by atoms with Gasteiger partial charge in [0.1, 0.15) is 22.8 Å². The molecule has 0 spiro atoms. The molecule has 0 radical (unpaired) electrons. The van der Waals surface area contributed by atoms with Crippen molar-refractivity contribution >= 4 is 56.8 Å². The number of rotatable bonds is 22. The van der Waals surface area contributed by atoms with E-state index in [4.69, 9.17) is 28.4 Å². The molecule has 5 rings (SSSR count). The van der Waals surface area contributed by atoms with E-state index in [0.717, 1.165) is 58.9 Å². The van der Waals surface area contributed by atoms with Gasteiger partial charge < -0.3 is 28.4 Å². The van der Waals surface area contributed by atoms with Crippen molar-refractivity contribution in [2.45, 2.75) is 45.6 Å². The van der Waals surface area contributed by atoms with E-state index in [1.54, 1.807) is 66.1 Å². The highest BCUT2D eigenvalue weighted by atomic mass is 32.1. The number of carbonyl (C=O) groups excluding carboxylic acids is 4. The van der Waals surface area contributed by atoms with E-state index < -0.39 is 23.9 Å². The lowest BCUT2D eigenvalue weighted by atomic mass is 10.1. The number of fused-ring (bicyclic) bond motifs is 1. The van der Waals surface area contributed by atoms with Gasteiger partial charge in [-0.05, 0) is 103 Å². The fraction of sp³-hybridized carbons (Fsp3) is 0.227. The molecule has 0 bridgehead atoms. The summed E-state index contributed by atoms with van der Waals surface area (Å²) in [4.78, 5) is 48.5. The molecule has 4 aromatic carbocycles. The average molecular weight is 807 g/mol. The zero-order chi connectivity index (χ0) is 41.1. The fourth-order valence-corrected chi connectivity index (χ4v) is 6.48. The zero-order valence-corrected chi connectivity index (χ0v) is 32.9. The highest BCUT2D eigenvalue weighted by Gasteiger charge is 2.18. The van der Waals surface area contributed by atoms with Crippen LogP contribution < -0.4 is 24.2 Å². The summed E-state index contributed by atoms with van der Waals surface area (Å²) in [6.45, 7) is 9.16. The largest absolute Gasteiger partial charge is 0.462 e. The van der Waals surface area contributed by atoms with Gasteiger partial charge in [-0.15, -0.1) is 5.43 Å². The molecule has 0 aliphatic rings. The van der Waals surface area contributed by atoms with E-state index in [1.807, 2.05) is 18.2 Å². The van der Waals surface area contributed by atoms with Crippen molar-refractivity contribution in [2.75, 3.05) is 25.6 Å². The van der Waals surface area contributed by atoms with E-state index in [1.165, 1.54) is 18.6 Å². The predicted octanol–water partition coefficient (Wildman–Crippen LogP) is 7.96. The van der Waals surface area contributed by atoms with Crippen molar-refractivity contribution in [3.63, 3.8) is 0 Å². The Morgan fingerprint density at radius 3 is 2.03 bits per heavy atom. The van der Waals surface area contributed by atoms with Gasteiger partial charge in [-0.25, -0.2) is 23.7 Å². The number of para-hydroxylation sites is 1. The van der Waals surface area contributed by atoms with Crippen LogP contribution in [0.3, 0.4) is 0 Å². The lowest BCUT2D eigenvalue weighted by Crippen LogP contribution is -2.34. The average Bonchev–Trinajstić information content (AvgIpc) is 3.60. The van der Waals surface area contributed by atoms with Gasteiger partial charge in [0.15, 0.2) is 0 Å². The third kappa shape index (κ3) is 12.6. The number of hydrazone groups is 1. The summed E-state index contributed by atoms with van der Waals surface area (Å²) in [7, 11) is 0. The molecule has 0 aliphatic heterocycles. The lowest BCUT2D eigenvalue weighted by Gasteiger charge is -2.11. The van der Waals surface area contributed by atoms with Crippen LogP contribution in [0.4, 0.5) is 5.13 Å². The second kappa shape index (κ2) is 22.1. The van der Waals surface area contributed by atoms with Crippen LogP contribution in [-0.2, 0) is 36.8 Å². The van der Waals surface area contributed by atoms with Crippen LogP contribution in [0.25, 0.3) is 10.2 Å². The van der Waals surface area contributed by atoms with Crippen molar-refractivity contribution in [3.8, 4) is 17.2 Å². The van der Waals surface area contributed by atoms with Crippen molar-refractivity contribution in [2.24, 2.45) is 5.10 Å². The topological polar surface area (TPSA) is 152 Å². The van der Waals surface area contributed by atoms with Gasteiger partial charge in [-0.3, -0.25) is 0 Å². The third-order valence-corrected chi connectivity index (χ3v) is 9.54. The number of aryl methyl sites for hydroxylation is 1. The SMILES string of the molecule is C=CC(=O)OCOc1ccc(C(=O)OCCc2ccc(OC(=O)c3ccc(OCOC(=O)C=C)cc3)c(/C=N/Nc3sc4ccccc4[n+]3CCCCCC)c2)cc1. The van der Waals surface area contributed by atoms with Gasteiger partial charge in [-0.2, -0.15) is 0 Å². The van der Waals surface area contributed by atoms with Crippen molar-refractivity contribution in [1.29, 1.82) is 0 Å². The normalized spacial score (nSPS) is 10.8. The molecule has 1 N–H and O–H groups in total. The summed E-state index contributed by atoms with van der Waals surface area (Å²) < 4.78 is 35.1. The number of carbonyl (C=O) groups is 4. The zero-order valence-electron chi connectivity index (χ0n) is 32.1. The Morgan fingerprint density at radius 1 is 0.759 bits per heavy atom. The van der Waals surface area contributed by atoms with Gasteiger partial charge >= 0.3 is 29.0 Å². The Kier molecular flexibility index (Phi) is 16.1. The molecule has 0 saturated heterocycles. The summed E-state index contributed by atoms with van der Waals surface area (Å²) >= 11 is 1.60. The standard InChI is InChI=1S/C44H43N3O10S/c1-4-7-8-11-25-47-37-12-9-10-13-39(37)58-44(47)46-45-28-34-27-31(24-26-52-42(50)32-15-19-35(20-16-32)53-29-55-40(48)5-2)14-23-38(34)57-43(51)33-17-21-36(22-18-33)54-30-56-41(49)6-3/h5-6,9-10,12-23,27-28H,2-4,7-8,11,24-26,29-30H2,1H3/p+1/b45-28+. The second-order valence-corrected chi connectivity index (χ2v) is 13.5. The summed E-state index contributed by atoms with van der Waals surface area (Å²) in [6.07, 6.45) is 8.51. The Hall–Kier alpha value is -6.80. The number of anilines is 1. The molecule has 0 aliphatic carbocycles. The maximum atomic E-state index is 13.3. The lowest BCUT2D eigenvalue weighted by molar-refractivity contribution is -0.654. The van der Waals surface area contributed by atoms with E-state index in [2.05, 4.69) is 47.3 Å². The number of nitrogens with zero attached hydrogens (tertiary/aromatic N) is 2. The summed E-state index contributed by atoms with van der Waals surface area (Å²) in [6, 6.07) is 25.9. The van der Waals surface area contributed by atoms with Crippen molar-refractivity contribution < 1.29 is 52.2 Å². The summed E-state index contributed by atoms with van der Waals surface area (Å²) in [5, 5.41) is 5.45. The van der Waals surface area contributed by atoms with Crippen LogP contribution in [0.5, 0.6) is 17.2 Å². The minimum Gasteiger partial charge on any atom is -0.462 e. The number of aromatic nitrogens is 1. The molecule has 58 heavy (non-hydrogen) atoms. The number of hydrogen-bond donors (Lipinski definition) is 1. The number of esters is 4. The second-order valence-electron chi connectivity index (χ2n) is 12.5. The number of hydrogen-bond acceptors (Lipinski definition) is 13. The molecule has 13 nitrogen and oxygen atoms in total. The van der Waals surface area contributed by atoms with Crippen LogP contribution in [-0.4, -0.2) is 50.3 Å². The van der Waals surface area contributed by atoms with E-state index in [-0.39, 0.29) is 31.5 Å². The molecule has 0 fully saturated rings. The highest BCUT2D eigenvalue weighted by Crippen LogP contribution is 2.26. The van der Waals surface area contributed by atoms with Crippen molar-refractivity contribution in [3.05, 3.63) is 139 Å². The van der Waals surface area contributed by atoms with Gasteiger partial charge in [0.05, 0.1) is 35.2 Å². The molecular weight excluding hydrogens is 763 g/mol. The molecule has 0 atom stereocenters. The number of ether oxygens (including phenoxy) is 6. The van der Waals surface area contributed by atoms with Crippen LogP contribution in [0, 0.1) is 0 Å². The number of thiazole rings is 1. The Morgan fingerprint density at radius 2 is 1.40 bits per heavy atom. The van der Waals surface area contributed by atoms with E-state index in [9.17, 15) is 19.2 Å². The number of nitrogens with one attached hydrogen (secondary N) is 1. The van der Waals surface area contributed by atoms with Crippen LogP contribution in [0.2, 0.25) is 0 Å². The first-order valence-corrected chi connectivity index (χ1v) is 19.4. The Labute approximate surface area is 340 Å². The molecule has 0 saturated carbocycles. The van der Waals surface area contributed by atoms with Gasteiger partial charge in [0, 0.05) is 24.1 Å².